The molecule has 0 aliphatic rings. The summed E-state index contributed by atoms with van der Waals surface area (Å²) in [5, 5.41) is 6.77. The molecule has 192 valence electrons. The van der Waals surface area contributed by atoms with Crippen molar-refractivity contribution in [3.63, 3.8) is 0 Å². The molecule has 39 heavy (non-hydrogen) atoms. The third kappa shape index (κ3) is 6.43. The van der Waals surface area contributed by atoms with Gasteiger partial charge in [0.25, 0.3) is 0 Å². The first kappa shape index (κ1) is 25.6. The van der Waals surface area contributed by atoms with E-state index in [0.717, 1.165) is 50.7 Å². The Balaban J connectivity index is 1.44. The van der Waals surface area contributed by atoms with Crippen LogP contribution in [-0.2, 0) is 0 Å². The molecule has 0 spiro atoms. The number of hydrogen-bond acceptors (Lipinski definition) is 4. The Morgan fingerprint density at radius 2 is 0.974 bits per heavy atom. The van der Waals surface area contributed by atoms with Gasteiger partial charge in [0, 0.05) is 0 Å². The predicted molar refractivity (Wildman–Crippen MR) is 162 cm³/mol. The zero-order valence-corrected chi connectivity index (χ0v) is 22.1. The van der Waals surface area contributed by atoms with Gasteiger partial charge in [0.2, 0.25) is 0 Å². The minimum Gasteiger partial charge on any atom is -0.497 e. The molecule has 0 aromatic heterocycles. The molecule has 0 fully saturated rings. The molecule has 0 amide bonds. The third-order valence-electron chi connectivity index (χ3n) is 6.37. The molecular weight excluding hydrogens is 480 g/mol. The number of benzene rings is 5. The molecular formula is C35H30N2O2. The molecule has 5 rings (SSSR count). The minimum atomic E-state index is 0.830. The SMILES string of the molecule is COc1ccc(C(=Cc2ccc(/C=N/N(c3ccccc3)c3ccccc3)cc2)c2ccc(OC)cc2)cc1. The lowest BCUT2D eigenvalue weighted by atomic mass is 9.95. The average molecular weight is 511 g/mol. The van der Waals surface area contributed by atoms with Gasteiger partial charge >= 0.3 is 0 Å². The van der Waals surface area contributed by atoms with Crippen LogP contribution in [0.4, 0.5) is 11.4 Å². The smallest absolute Gasteiger partial charge is 0.118 e. The Morgan fingerprint density at radius 1 is 0.538 bits per heavy atom. The summed E-state index contributed by atoms with van der Waals surface area (Å²) in [6.45, 7) is 0. The number of hydrogen-bond donors (Lipinski definition) is 0. The quantitative estimate of drug-likeness (QED) is 0.113. The van der Waals surface area contributed by atoms with Gasteiger partial charge in [0.1, 0.15) is 11.5 Å². The minimum absolute atomic E-state index is 0.830. The van der Waals surface area contributed by atoms with Crippen LogP contribution < -0.4 is 14.5 Å². The number of hydrazone groups is 1. The Hall–Kier alpha value is -5.09. The van der Waals surface area contributed by atoms with E-state index in [-0.39, 0.29) is 0 Å². The fourth-order valence-corrected chi connectivity index (χ4v) is 4.26. The van der Waals surface area contributed by atoms with Crippen molar-refractivity contribution in [3.05, 3.63) is 156 Å². The fourth-order valence-electron chi connectivity index (χ4n) is 4.26. The number of anilines is 2. The van der Waals surface area contributed by atoms with Crippen molar-refractivity contribution in [1.29, 1.82) is 0 Å². The van der Waals surface area contributed by atoms with Crippen LogP contribution >= 0.6 is 0 Å². The van der Waals surface area contributed by atoms with Crippen molar-refractivity contribution >= 4 is 29.2 Å². The van der Waals surface area contributed by atoms with E-state index in [4.69, 9.17) is 14.6 Å². The Bertz CT molecular complexity index is 1440. The van der Waals surface area contributed by atoms with Crippen LogP contribution in [0.5, 0.6) is 11.5 Å². The molecule has 0 aliphatic heterocycles. The number of methoxy groups -OCH3 is 2. The maximum Gasteiger partial charge on any atom is 0.118 e. The van der Waals surface area contributed by atoms with Crippen molar-refractivity contribution in [2.45, 2.75) is 0 Å². The first-order valence-corrected chi connectivity index (χ1v) is 12.8. The maximum absolute atomic E-state index is 5.36. The van der Waals surface area contributed by atoms with Crippen LogP contribution in [0.15, 0.2) is 139 Å². The van der Waals surface area contributed by atoms with Crippen LogP contribution in [0.2, 0.25) is 0 Å². The lowest BCUT2D eigenvalue weighted by Crippen LogP contribution is -2.09. The van der Waals surface area contributed by atoms with E-state index in [0.29, 0.717) is 0 Å². The van der Waals surface area contributed by atoms with Gasteiger partial charge in [-0.05, 0) is 82.4 Å². The molecule has 5 aromatic rings. The van der Waals surface area contributed by atoms with Crippen molar-refractivity contribution in [3.8, 4) is 11.5 Å². The number of rotatable bonds is 9. The summed E-state index contributed by atoms with van der Waals surface area (Å²) in [5.41, 5.74) is 7.43. The van der Waals surface area contributed by atoms with E-state index in [1.54, 1.807) is 14.2 Å². The lowest BCUT2D eigenvalue weighted by molar-refractivity contribution is 0.414. The van der Waals surface area contributed by atoms with Gasteiger partial charge in [-0.2, -0.15) is 5.10 Å². The predicted octanol–water partition coefficient (Wildman–Crippen LogP) is 8.46. The fraction of sp³-hybridized carbons (Fsp3) is 0.0571. The maximum atomic E-state index is 5.36. The van der Waals surface area contributed by atoms with Crippen LogP contribution in [0.25, 0.3) is 11.6 Å². The standard InChI is InChI=1S/C35H30N2O2/c1-38-33-21-17-29(18-22-33)35(30-19-23-34(39-2)24-20-30)25-27-13-15-28(16-14-27)26-36-37(31-9-5-3-6-10-31)32-11-7-4-8-12-32/h3-26H,1-2H3/b36-26+. The zero-order valence-electron chi connectivity index (χ0n) is 22.1. The van der Waals surface area contributed by atoms with Gasteiger partial charge in [0.15, 0.2) is 0 Å². The molecule has 0 N–H and O–H groups in total. The summed E-state index contributed by atoms with van der Waals surface area (Å²) in [6.07, 6.45) is 4.09. The van der Waals surface area contributed by atoms with Gasteiger partial charge in [-0.1, -0.05) is 84.9 Å². The van der Waals surface area contributed by atoms with Crippen molar-refractivity contribution in [1.82, 2.24) is 0 Å². The van der Waals surface area contributed by atoms with Gasteiger partial charge in [-0.3, -0.25) is 0 Å². The molecule has 0 saturated heterocycles. The van der Waals surface area contributed by atoms with Crippen molar-refractivity contribution < 1.29 is 9.47 Å². The summed E-state index contributed by atoms with van der Waals surface area (Å²) in [7, 11) is 3.36. The summed E-state index contributed by atoms with van der Waals surface area (Å²) < 4.78 is 10.7. The normalized spacial score (nSPS) is 10.7. The number of ether oxygens (including phenoxy) is 2. The van der Waals surface area contributed by atoms with Crippen LogP contribution in [-0.4, -0.2) is 20.4 Å². The van der Waals surface area contributed by atoms with Crippen LogP contribution in [0, 0.1) is 0 Å². The van der Waals surface area contributed by atoms with Gasteiger partial charge < -0.3 is 9.47 Å². The van der Waals surface area contributed by atoms with E-state index in [1.807, 2.05) is 71.9 Å². The summed E-state index contributed by atoms with van der Waals surface area (Å²) in [4.78, 5) is 0. The Labute approximate surface area is 230 Å². The highest BCUT2D eigenvalue weighted by Crippen LogP contribution is 2.29. The molecule has 0 bridgehead atoms. The summed E-state index contributed by atoms with van der Waals surface area (Å²) in [6, 6.07) is 45.0. The highest BCUT2D eigenvalue weighted by atomic mass is 16.5. The third-order valence-corrected chi connectivity index (χ3v) is 6.37. The Morgan fingerprint density at radius 3 is 1.41 bits per heavy atom. The summed E-state index contributed by atoms with van der Waals surface area (Å²) >= 11 is 0. The monoisotopic (exact) mass is 510 g/mol. The largest absolute Gasteiger partial charge is 0.497 e. The molecule has 5 aromatic carbocycles. The van der Waals surface area contributed by atoms with E-state index in [2.05, 4.69) is 78.9 Å². The molecule has 4 nitrogen and oxygen atoms in total. The van der Waals surface area contributed by atoms with Gasteiger partial charge in [-0.15, -0.1) is 0 Å². The molecule has 0 heterocycles. The van der Waals surface area contributed by atoms with Crippen LogP contribution in [0.1, 0.15) is 22.3 Å². The summed E-state index contributed by atoms with van der Waals surface area (Å²) in [5.74, 6) is 1.66. The van der Waals surface area contributed by atoms with E-state index < -0.39 is 0 Å². The molecule has 0 atom stereocenters. The molecule has 4 heteroatoms. The molecule has 0 unspecified atom stereocenters. The first-order chi connectivity index (χ1) is 19.2. The van der Waals surface area contributed by atoms with E-state index in [9.17, 15) is 0 Å². The van der Waals surface area contributed by atoms with Gasteiger partial charge in [-0.25, -0.2) is 5.01 Å². The zero-order chi connectivity index (χ0) is 26.9. The first-order valence-electron chi connectivity index (χ1n) is 12.8. The van der Waals surface area contributed by atoms with Gasteiger partial charge in [0.05, 0.1) is 31.8 Å². The van der Waals surface area contributed by atoms with Crippen LogP contribution in [0.3, 0.4) is 0 Å². The second kappa shape index (κ2) is 12.4. The van der Waals surface area contributed by atoms with Crippen molar-refractivity contribution in [2.75, 3.05) is 19.2 Å². The lowest BCUT2D eigenvalue weighted by Gasteiger charge is -2.19. The number of para-hydroxylation sites is 2. The second-order valence-electron chi connectivity index (χ2n) is 8.91. The van der Waals surface area contributed by atoms with E-state index in [1.165, 1.54) is 0 Å². The highest BCUT2D eigenvalue weighted by molar-refractivity contribution is 5.92. The second-order valence-corrected chi connectivity index (χ2v) is 8.91. The Kier molecular flexibility index (Phi) is 8.15. The average Bonchev–Trinajstić information content (AvgIpc) is 3.02. The molecule has 0 radical (unpaired) electrons. The van der Waals surface area contributed by atoms with Crippen molar-refractivity contribution in [2.24, 2.45) is 5.10 Å². The topological polar surface area (TPSA) is 34.1 Å². The highest BCUT2D eigenvalue weighted by Gasteiger charge is 2.08. The van der Waals surface area contributed by atoms with E-state index >= 15 is 0 Å². The molecule has 0 aliphatic carbocycles. The number of nitrogens with zero attached hydrogens (tertiary/aromatic N) is 2. The molecule has 0 saturated carbocycles.